The van der Waals surface area contributed by atoms with Gasteiger partial charge < -0.3 is 9.21 Å². The largest absolute Gasteiger partial charge is 0.497 e. The molecule has 0 N–H and O–H groups in total. The lowest BCUT2D eigenvalue weighted by Gasteiger charge is -2.01. The molecule has 0 spiro atoms. The molecule has 0 saturated heterocycles. The first kappa shape index (κ1) is 10.3. The maximum absolute atomic E-state index is 10.8. The second-order valence-corrected chi connectivity index (χ2v) is 3.24. The van der Waals surface area contributed by atoms with Gasteiger partial charge in [-0.2, -0.15) is 5.26 Å². The Morgan fingerprint density at radius 2 is 2.31 bits per heavy atom. The Hall–Kier alpha value is -2.22. The maximum atomic E-state index is 10.8. The molecule has 0 fully saturated rings. The fourth-order valence-corrected chi connectivity index (χ4v) is 1.67. The van der Waals surface area contributed by atoms with Crippen molar-refractivity contribution in [2.24, 2.45) is 0 Å². The zero-order valence-corrected chi connectivity index (χ0v) is 8.60. The minimum absolute atomic E-state index is 0.172. The third-order valence-corrected chi connectivity index (χ3v) is 2.47. The lowest BCUT2D eigenvalue weighted by atomic mass is 10.1. The molecule has 1 aromatic heterocycles. The van der Waals surface area contributed by atoms with Crippen LogP contribution < -0.4 is 4.74 Å². The van der Waals surface area contributed by atoms with Crippen LogP contribution in [0, 0.1) is 11.3 Å². The zero-order chi connectivity index (χ0) is 11.7. The molecule has 1 aromatic carbocycles. The molecule has 0 aliphatic heterocycles. The van der Waals surface area contributed by atoms with Crippen molar-refractivity contribution in [3.63, 3.8) is 0 Å². The molecule has 16 heavy (non-hydrogen) atoms. The number of methoxy groups -OCH3 is 1. The smallest absolute Gasteiger partial charge is 0.235 e. The Morgan fingerprint density at radius 1 is 1.56 bits per heavy atom. The van der Waals surface area contributed by atoms with Gasteiger partial charge in [0.05, 0.1) is 18.4 Å². The predicted octanol–water partition coefficient (Wildman–Crippen LogP) is 1.27. The molecular weight excluding hydrogens is 203 g/mol. The maximum Gasteiger partial charge on any atom is 0.235 e. The first-order valence-electron chi connectivity index (χ1n) is 4.55. The van der Waals surface area contributed by atoms with Crippen molar-refractivity contribution in [2.45, 2.75) is 0 Å². The molecule has 2 aromatic rings. The third kappa shape index (κ3) is 1.28. The number of hydrogen-bond acceptors (Lipinski definition) is 3. The van der Waals surface area contributed by atoms with E-state index in [0.717, 1.165) is 0 Å². The predicted molar refractivity (Wildman–Crippen MR) is 59.7 cm³/mol. The van der Waals surface area contributed by atoms with Crippen molar-refractivity contribution in [3.05, 3.63) is 29.5 Å². The third-order valence-electron chi connectivity index (χ3n) is 2.47. The average molecular weight is 210 g/mol. The SMILES string of the molecule is [B]n1c(C=O)c(C#N)c2ccc(OC)cc21. The van der Waals surface area contributed by atoms with E-state index in [9.17, 15) is 4.79 Å². The quantitative estimate of drug-likeness (QED) is 0.553. The summed E-state index contributed by atoms with van der Waals surface area (Å²) in [4.78, 5) is 10.8. The molecule has 1 heterocycles. The van der Waals surface area contributed by atoms with Crippen LogP contribution in [0.3, 0.4) is 0 Å². The van der Waals surface area contributed by atoms with Crippen LogP contribution in [-0.4, -0.2) is 25.9 Å². The molecule has 0 unspecified atom stereocenters. The lowest BCUT2D eigenvalue weighted by molar-refractivity contribution is 0.111. The number of nitrogens with zero attached hydrogens (tertiary/aromatic N) is 2. The second kappa shape index (κ2) is 3.74. The molecule has 0 atom stereocenters. The molecule has 76 valence electrons. The number of nitriles is 1. The Kier molecular flexibility index (Phi) is 2.41. The van der Waals surface area contributed by atoms with Gasteiger partial charge in [0.25, 0.3) is 0 Å². The van der Waals surface area contributed by atoms with Crippen LogP contribution in [-0.2, 0) is 0 Å². The van der Waals surface area contributed by atoms with Gasteiger partial charge in [-0.3, -0.25) is 4.79 Å². The molecule has 0 saturated carbocycles. The van der Waals surface area contributed by atoms with Crippen molar-refractivity contribution in [1.29, 1.82) is 5.26 Å². The highest BCUT2D eigenvalue weighted by atomic mass is 16.5. The van der Waals surface area contributed by atoms with Crippen LogP contribution in [0.4, 0.5) is 0 Å². The van der Waals surface area contributed by atoms with E-state index in [1.807, 2.05) is 6.07 Å². The minimum Gasteiger partial charge on any atom is -0.497 e. The summed E-state index contributed by atoms with van der Waals surface area (Å²) in [6.07, 6.45) is 0.574. The van der Waals surface area contributed by atoms with Crippen LogP contribution in [0.15, 0.2) is 18.2 Å². The number of benzene rings is 1. The fourth-order valence-electron chi connectivity index (χ4n) is 1.67. The topological polar surface area (TPSA) is 55.0 Å². The number of aldehydes is 1. The Labute approximate surface area is 93.5 Å². The van der Waals surface area contributed by atoms with Crippen LogP contribution in [0.5, 0.6) is 5.75 Å². The van der Waals surface area contributed by atoms with Gasteiger partial charge in [0.15, 0.2) is 6.29 Å². The van der Waals surface area contributed by atoms with E-state index in [0.29, 0.717) is 22.9 Å². The number of fused-ring (bicyclic) bond motifs is 1. The van der Waals surface area contributed by atoms with Gasteiger partial charge in [-0.1, -0.05) is 0 Å². The highest BCUT2D eigenvalue weighted by Crippen LogP contribution is 2.26. The number of hydrogen-bond donors (Lipinski definition) is 0. The summed E-state index contributed by atoms with van der Waals surface area (Å²) in [5.41, 5.74) is 1.05. The van der Waals surface area contributed by atoms with E-state index < -0.39 is 0 Å². The number of carbonyl (C=O) groups excluding carboxylic acids is 1. The first-order valence-corrected chi connectivity index (χ1v) is 4.55. The van der Waals surface area contributed by atoms with E-state index in [-0.39, 0.29) is 11.3 Å². The Balaban J connectivity index is 2.89. The van der Waals surface area contributed by atoms with Crippen molar-refractivity contribution >= 4 is 25.2 Å². The van der Waals surface area contributed by atoms with E-state index in [4.69, 9.17) is 18.0 Å². The monoisotopic (exact) mass is 210 g/mol. The highest BCUT2D eigenvalue weighted by molar-refractivity contribution is 6.16. The second-order valence-electron chi connectivity index (χ2n) is 3.24. The van der Waals surface area contributed by atoms with Gasteiger partial charge in [0.1, 0.15) is 11.8 Å². The summed E-state index contributed by atoms with van der Waals surface area (Å²) >= 11 is 0. The van der Waals surface area contributed by atoms with Gasteiger partial charge in [-0.25, -0.2) is 0 Å². The summed E-state index contributed by atoms with van der Waals surface area (Å²) in [6, 6.07) is 7.09. The number of carbonyl (C=O) groups is 1. The first-order chi connectivity index (χ1) is 7.72. The lowest BCUT2D eigenvalue weighted by Crippen LogP contribution is -1.98. The molecule has 0 aliphatic carbocycles. The van der Waals surface area contributed by atoms with Crippen molar-refractivity contribution in [3.8, 4) is 11.8 Å². The molecule has 0 amide bonds. The molecule has 0 bridgehead atoms. The normalized spacial score (nSPS) is 10.0. The van der Waals surface area contributed by atoms with Gasteiger partial charge in [-0.15, -0.1) is 0 Å². The molecule has 2 rings (SSSR count). The van der Waals surface area contributed by atoms with Crippen molar-refractivity contribution in [2.75, 3.05) is 7.11 Å². The van der Waals surface area contributed by atoms with Crippen LogP contribution in [0.1, 0.15) is 16.1 Å². The molecular formula is C11H7BN2O2. The summed E-state index contributed by atoms with van der Waals surface area (Å²) in [7, 11) is 7.27. The number of ether oxygens (including phenoxy) is 1. The van der Waals surface area contributed by atoms with E-state index >= 15 is 0 Å². The standard InChI is InChI=1S/C11H7BN2O2/c1-16-7-2-3-8-9(5-13)11(6-15)14(12)10(8)4-7/h2-4,6H,1H3. The summed E-state index contributed by atoms with van der Waals surface area (Å²) in [5.74, 6) is 0.624. The molecule has 0 aliphatic rings. The number of aromatic nitrogens is 1. The molecule has 4 nitrogen and oxygen atoms in total. The van der Waals surface area contributed by atoms with Gasteiger partial charge in [0, 0.05) is 17.0 Å². The Morgan fingerprint density at radius 3 is 2.88 bits per heavy atom. The Bertz CT molecular complexity index is 610. The average Bonchev–Trinajstić information content (AvgIpc) is 2.60. The van der Waals surface area contributed by atoms with Crippen LogP contribution in [0.2, 0.25) is 0 Å². The van der Waals surface area contributed by atoms with E-state index in [2.05, 4.69) is 0 Å². The van der Waals surface area contributed by atoms with Gasteiger partial charge in [-0.05, 0) is 12.1 Å². The molecule has 5 heteroatoms. The zero-order valence-electron chi connectivity index (χ0n) is 8.60. The van der Waals surface area contributed by atoms with Crippen molar-refractivity contribution < 1.29 is 9.53 Å². The van der Waals surface area contributed by atoms with E-state index in [1.165, 1.54) is 11.6 Å². The number of rotatable bonds is 2. The van der Waals surface area contributed by atoms with Crippen molar-refractivity contribution in [1.82, 2.24) is 4.48 Å². The van der Waals surface area contributed by atoms with Crippen LogP contribution in [0.25, 0.3) is 10.9 Å². The van der Waals surface area contributed by atoms with E-state index in [1.54, 1.807) is 18.2 Å². The van der Waals surface area contributed by atoms with Crippen LogP contribution >= 0.6 is 0 Å². The minimum atomic E-state index is 0.172. The fraction of sp³-hybridized carbons (Fsp3) is 0.0909. The van der Waals surface area contributed by atoms with Gasteiger partial charge >= 0.3 is 0 Å². The molecule has 2 radical (unpaired) electrons. The summed E-state index contributed by atoms with van der Waals surface area (Å²) in [5, 5.41) is 9.62. The highest BCUT2D eigenvalue weighted by Gasteiger charge is 2.14. The summed E-state index contributed by atoms with van der Waals surface area (Å²) < 4.78 is 6.25. The van der Waals surface area contributed by atoms with Gasteiger partial charge in [0.2, 0.25) is 7.98 Å². The summed E-state index contributed by atoms with van der Waals surface area (Å²) in [6.45, 7) is 0.